The Balaban J connectivity index is 1.42. The van der Waals surface area contributed by atoms with Gasteiger partial charge in [-0.25, -0.2) is 13.8 Å². The molecule has 4 aromatic rings. The Hall–Kier alpha value is -2.66. The SMILES string of the molecule is Cc1n[nH]c2nc(-c3ccc(NSc4cc(Cl)ccc4F)c(Cl)c3)nc(OC3CCNCC3F)c12. The predicted octanol–water partition coefficient (Wildman–Crippen LogP) is 5.97. The van der Waals surface area contributed by atoms with Crippen molar-refractivity contribution >= 4 is 51.9 Å². The van der Waals surface area contributed by atoms with Crippen molar-refractivity contribution < 1.29 is 13.5 Å². The van der Waals surface area contributed by atoms with Gasteiger partial charge in [0.15, 0.2) is 11.5 Å². The number of halogens is 4. The number of aromatic nitrogens is 4. The topological polar surface area (TPSA) is 87.8 Å². The van der Waals surface area contributed by atoms with Crippen molar-refractivity contribution in [3.63, 3.8) is 0 Å². The lowest BCUT2D eigenvalue weighted by atomic mass is 10.1. The molecule has 2 atom stereocenters. The highest BCUT2D eigenvalue weighted by atomic mass is 35.5. The molecule has 2 aromatic carbocycles. The third-order valence-electron chi connectivity index (χ3n) is 5.57. The van der Waals surface area contributed by atoms with E-state index >= 15 is 0 Å². The number of aromatic amines is 1. The van der Waals surface area contributed by atoms with E-state index in [0.29, 0.717) is 61.7 Å². The minimum absolute atomic E-state index is 0.233. The molecule has 0 spiro atoms. The van der Waals surface area contributed by atoms with Crippen LogP contribution in [0, 0.1) is 12.7 Å². The monoisotopic (exact) mass is 536 g/mol. The maximum atomic E-state index is 14.4. The lowest BCUT2D eigenvalue weighted by Crippen LogP contribution is -2.44. The van der Waals surface area contributed by atoms with Gasteiger partial charge in [0.2, 0.25) is 5.88 Å². The highest BCUT2D eigenvalue weighted by Gasteiger charge is 2.28. The van der Waals surface area contributed by atoms with Crippen molar-refractivity contribution in [2.24, 2.45) is 0 Å². The van der Waals surface area contributed by atoms with E-state index in [9.17, 15) is 8.78 Å². The van der Waals surface area contributed by atoms with Crippen LogP contribution in [0.3, 0.4) is 0 Å². The fraction of sp³-hybridized carbons (Fsp3) is 0.261. The van der Waals surface area contributed by atoms with Crippen LogP contribution in [0.4, 0.5) is 14.5 Å². The molecule has 2 aromatic heterocycles. The van der Waals surface area contributed by atoms with Crippen LogP contribution in [0.15, 0.2) is 41.3 Å². The van der Waals surface area contributed by atoms with Crippen LogP contribution in [-0.4, -0.2) is 45.5 Å². The molecule has 0 aliphatic carbocycles. The molecule has 5 rings (SSSR count). The Labute approximate surface area is 214 Å². The third kappa shape index (κ3) is 5.16. The number of rotatable bonds is 6. The summed E-state index contributed by atoms with van der Waals surface area (Å²) in [6, 6.07) is 9.52. The van der Waals surface area contributed by atoms with Gasteiger partial charge in [0.25, 0.3) is 0 Å². The molecule has 0 bridgehead atoms. The number of nitrogens with zero attached hydrogens (tertiary/aromatic N) is 3. The Kier molecular flexibility index (Phi) is 6.97. The molecule has 1 saturated heterocycles. The van der Waals surface area contributed by atoms with Crippen LogP contribution in [0.1, 0.15) is 12.1 Å². The van der Waals surface area contributed by atoms with Gasteiger partial charge in [-0.15, -0.1) is 0 Å². The zero-order valence-electron chi connectivity index (χ0n) is 18.4. The van der Waals surface area contributed by atoms with Crippen molar-refractivity contribution in [3.8, 4) is 17.3 Å². The average Bonchev–Trinajstić information content (AvgIpc) is 3.22. The number of aryl methyl sites for hydroxylation is 1. The number of hydrogen-bond acceptors (Lipinski definition) is 7. The van der Waals surface area contributed by atoms with Crippen LogP contribution >= 0.6 is 35.1 Å². The van der Waals surface area contributed by atoms with Crippen LogP contribution in [0.25, 0.3) is 22.4 Å². The van der Waals surface area contributed by atoms with Crippen molar-refractivity contribution in [1.29, 1.82) is 0 Å². The summed E-state index contributed by atoms with van der Waals surface area (Å²) < 4.78 is 37.5. The van der Waals surface area contributed by atoms with Gasteiger partial charge in [-0.1, -0.05) is 23.2 Å². The van der Waals surface area contributed by atoms with E-state index in [1.807, 2.05) is 6.92 Å². The van der Waals surface area contributed by atoms with Crippen molar-refractivity contribution in [3.05, 3.63) is 58.0 Å². The Morgan fingerprint density at radius 1 is 1.17 bits per heavy atom. The molecule has 3 N–H and O–H groups in total. The molecule has 1 aliphatic rings. The fourth-order valence-corrected chi connectivity index (χ4v) is 5.00. The molecular weight excluding hydrogens is 517 g/mol. The number of alkyl halides is 1. The molecule has 0 saturated carbocycles. The maximum Gasteiger partial charge on any atom is 0.229 e. The zero-order chi connectivity index (χ0) is 24.5. The number of piperidine rings is 1. The minimum atomic E-state index is -1.15. The minimum Gasteiger partial charge on any atom is -0.471 e. The third-order valence-corrected chi connectivity index (χ3v) is 6.97. The lowest BCUT2D eigenvalue weighted by molar-refractivity contribution is 0.0707. The van der Waals surface area contributed by atoms with Gasteiger partial charge in [0, 0.05) is 17.1 Å². The lowest BCUT2D eigenvalue weighted by Gasteiger charge is -2.27. The Morgan fingerprint density at radius 2 is 2.03 bits per heavy atom. The van der Waals surface area contributed by atoms with E-state index in [2.05, 4.69) is 30.2 Å². The summed E-state index contributed by atoms with van der Waals surface area (Å²) >= 11 is 13.5. The van der Waals surface area contributed by atoms with Gasteiger partial charge in [-0.05, 0) is 68.2 Å². The van der Waals surface area contributed by atoms with Crippen LogP contribution in [-0.2, 0) is 0 Å². The summed E-state index contributed by atoms with van der Waals surface area (Å²) in [4.78, 5) is 9.49. The fourth-order valence-electron chi connectivity index (χ4n) is 3.73. The first-order valence-corrected chi connectivity index (χ1v) is 12.4. The molecule has 2 unspecified atom stereocenters. The second-order valence-corrected chi connectivity index (χ2v) is 9.72. The predicted molar refractivity (Wildman–Crippen MR) is 135 cm³/mol. The van der Waals surface area contributed by atoms with E-state index < -0.39 is 18.1 Å². The summed E-state index contributed by atoms with van der Waals surface area (Å²) in [6.45, 7) is 2.71. The highest BCUT2D eigenvalue weighted by molar-refractivity contribution is 8.00. The highest BCUT2D eigenvalue weighted by Crippen LogP contribution is 2.34. The standard InChI is InChI=1S/C23H20Cl2F2N6OS/c1-11-20-22(32-31-11)29-21(30-23(20)34-18-6-7-28-10-16(18)27)12-2-5-17(14(25)8-12)33-35-19-9-13(24)3-4-15(19)26/h2-5,8-9,16,18,28,33H,6-7,10H2,1H3,(H,29,30,31,32). The molecule has 7 nitrogen and oxygen atoms in total. The number of hydrogen-bond donors (Lipinski definition) is 3. The van der Waals surface area contributed by atoms with Crippen LogP contribution in [0.5, 0.6) is 5.88 Å². The van der Waals surface area contributed by atoms with Gasteiger partial charge < -0.3 is 14.8 Å². The first kappa shape index (κ1) is 24.1. The number of benzene rings is 2. The largest absolute Gasteiger partial charge is 0.471 e. The number of H-pyrrole nitrogens is 1. The Bertz CT molecular complexity index is 1390. The molecule has 182 valence electrons. The molecule has 0 amide bonds. The summed E-state index contributed by atoms with van der Waals surface area (Å²) in [5.74, 6) is 0.228. The normalized spacial score (nSPS) is 18.1. The molecule has 0 radical (unpaired) electrons. The second kappa shape index (κ2) is 10.1. The van der Waals surface area contributed by atoms with Gasteiger partial charge in [0.1, 0.15) is 23.5 Å². The van der Waals surface area contributed by atoms with Gasteiger partial charge in [0.05, 0.1) is 21.3 Å². The molecule has 1 fully saturated rings. The molecule has 35 heavy (non-hydrogen) atoms. The van der Waals surface area contributed by atoms with E-state index in [1.165, 1.54) is 18.2 Å². The first-order chi connectivity index (χ1) is 16.9. The number of nitrogens with one attached hydrogen (secondary N) is 3. The summed E-state index contributed by atoms with van der Waals surface area (Å²) in [5, 5.41) is 11.5. The maximum absolute atomic E-state index is 14.4. The van der Waals surface area contributed by atoms with E-state index in [1.54, 1.807) is 18.2 Å². The number of fused-ring (bicyclic) bond motifs is 1. The summed E-state index contributed by atoms with van der Waals surface area (Å²) in [7, 11) is 0. The molecule has 1 aliphatic heterocycles. The Morgan fingerprint density at radius 3 is 2.83 bits per heavy atom. The van der Waals surface area contributed by atoms with E-state index in [-0.39, 0.29) is 12.4 Å². The van der Waals surface area contributed by atoms with Crippen molar-refractivity contribution in [2.45, 2.75) is 30.5 Å². The smallest absolute Gasteiger partial charge is 0.229 e. The van der Waals surface area contributed by atoms with Crippen molar-refractivity contribution in [2.75, 3.05) is 17.8 Å². The van der Waals surface area contributed by atoms with Crippen molar-refractivity contribution in [1.82, 2.24) is 25.5 Å². The average molecular weight is 537 g/mol. The van der Waals surface area contributed by atoms with Gasteiger partial charge in [-0.2, -0.15) is 10.1 Å². The second-order valence-electron chi connectivity index (χ2n) is 8.02. The molecule has 12 heteroatoms. The van der Waals surface area contributed by atoms with Crippen LogP contribution in [0.2, 0.25) is 10.0 Å². The first-order valence-electron chi connectivity index (χ1n) is 10.8. The number of anilines is 1. The summed E-state index contributed by atoms with van der Waals surface area (Å²) in [5.41, 5.74) is 2.34. The molecular formula is C23H20Cl2F2N6OS. The number of ether oxygens (including phenoxy) is 1. The van der Waals surface area contributed by atoms with E-state index in [0.717, 1.165) is 11.9 Å². The zero-order valence-corrected chi connectivity index (χ0v) is 20.7. The van der Waals surface area contributed by atoms with Crippen LogP contribution < -0.4 is 14.8 Å². The van der Waals surface area contributed by atoms with E-state index in [4.69, 9.17) is 27.9 Å². The summed E-state index contributed by atoms with van der Waals surface area (Å²) in [6.07, 6.45) is -1.24. The quantitative estimate of drug-likeness (QED) is 0.261. The molecule has 3 heterocycles. The van der Waals surface area contributed by atoms with Gasteiger partial charge >= 0.3 is 0 Å². The van der Waals surface area contributed by atoms with Gasteiger partial charge in [-0.3, -0.25) is 5.10 Å².